The predicted molar refractivity (Wildman–Crippen MR) is 106 cm³/mol. The third-order valence-corrected chi connectivity index (χ3v) is 5.63. The van der Waals surface area contributed by atoms with Crippen molar-refractivity contribution in [1.82, 2.24) is 10.2 Å². The summed E-state index contributed by atoms with van der Waals surface area (Å²) in [5.41, 5.74) is 0.373. The molecule has 4 nitrogen and oxygen atoms in total. The predicted octanol–water partition coefficient (Wildman–Crippen LogP) is 3.75. The Balaban J connectivity index is 0.00000242. The minimum Gasteiger partial charge on any atom is -0.386 e. The molecular formula is C15H25ClIN3OS. The van der Waals surface area contributed by atoms with Gasteiger partial charge in [0.1, 0.15) is 6.10 Å². The minimum atomic E-state index is -0.556. The van der Waals surface area contributed by atoms with E-state index in [1.54, 1.807) is 7.05 Å². The lowest BCUT2D eigenvalue weighted by atomic mass is 9.87. The summed E-state index contributed by atoms with van der Waals surface area (Å²) in [5, 5.41) is 13.5. The van der Waals surface area contributed by atoms with Gasteiger partial charge in [-0.3, -0.25) is 4.99 Å². The van der Waals surface area contributed by atoms with E-state index >= 15 is 0 Å². The number of aliphatic imine (C=N–C) groups is 1. The fourth-order valence-corrected chi connectivity index (χ4v) is 3.67. The Labute approximate surface area is 159 Å². The molecule has 1 saturated heterocycles. The van der Waals surface area contributed by atoms with Gasteiger partial charge < -0.3 is 15.3 Å². The number of aliphatic hydroxyl groups excluding tert-OH is 1. The Morgan fingerprint density at radius 1 is 1.59 bits per heavy atom. The van der Waals surface area contributed by atoms with Gasteiger partial charge in [0.15, 0.2) is 5.96 Å². The third kappa shape index (κ3) is 4.97. The SMILES string of the molecule is CCC1(C)CCN(C(=NC)NCC(O)c2ccc(Cl)s2)C1.I. The van der Waals surface area contributed by atoms with Crippen molar-refractivity contribution >= 4 is 52.9 Å². The Morgan fingerprint density at radius 3 is 2.82 bits per heavy atom. The number of thiophene rings is 1. The van der Waals surface area contributed by atoms with E-state index in [2.05, 4.69) is 29.1 Å². The molecule has 1 aliphatic rings. The van der Waals surface area contributed by atoms with Gasteiger partial charge >= 0.3 is 0 Å². The highest BCUT2D eigenvalue weighted by atomic mass is 127. The van der Waals surface area contributed by atoms with Gasteiger partial charge in [0.05, 0.1) is 4.34 Å². The summed E-state index contributed by atoms with van der Waals surface area (Å²) in [6.45, 7) is 7.05. The van der Waals surface area contributed by atoms with Crippen LogP contribution in [-0.2, 0) is 0 Å². The molecule has 1 fully saturated rings. The van der Waals surface area contributed by atoms with Gasteiger partial charge in [0, 0.05) is 31.6 Å². The van der Waals surface area contributed by atoms with E-state index in [-0.39, 0.29) is 24.0 Å². The molecule has 0 saturated carbocycles. The monoisotopic (exact) mass is 457 g/mol. The maximum absolute atomic E-state index is 10.2. The second-order valence-electron chi connectivity index (χ2n) is 5.92. The van der Waals surface area contributed by atoms with E-state index in [0.29, 0.717) is 16.3 Å². The van der Waals surface area contributed by atoms with Crippen LogP contribution in [0.4, 0.5) is 0 Å². The zero-order valence-electron chi connectivity index (χ0n) is 13.3. The van der Waals surface area contributed by atoms with Crippen LogP contribution in [0.3, 0.4) is 0 Å². The molecule has 1 aromatic rings. The summed E-state index contributed by atoms with van der Waals surface area (Å²) in [6.07, 6.45) is 1.81. The number of halogens is 2. The third-order valence-electron chi connectivity index (χ3n) is 4.30. The van der Waals surface area contributed by atoms with Crippen molar-refractivity contribution < 1.29 is 5.11 Å². The number of aliphatic hydroxyl groups is 1. The number of rotatable bonds is 4. The molecule has 126 valence electrons. The van der Waals surface area contributed by atoms with Gasteiger partial charge in [-0.05, 0) is 30.4 Å². The highest BCUT2D eigenvalue weighted by molar-refractivity contribution is 14.0. The molecule has 0 spiro atoms. The van der Waals surface area contributed by atoms with E-state index < -0.39 is 6.10 Å². The standard InChI is InChI=1S/C15H24ClN3OS.HI/c1-4-15(2)7-8-19(10-15)14(17-3)18-9-11(20)12-5-6-13(16)21-12;/h5-6,11,20H,4,7-10H2,1-3H3,(H,17,18);1H. The average molecular weight is 458 g/mol. The van der Waals surface area contributed by atoms with Gasteiger partial charge in [-0.2, -0.15) is 0 Å². The maximum Gasteiger partial charge on any atom is 0.193 e. The molecule has 0 radical (unpaired) electrons. The first-order valence-corrected chi connectivity index (χ1v) is 8.56. The zero-order chi connectivity index (χ0) is 15.5. The molecule has 0 amide bonds. The van der Waals surface area contributed by atoms with Crippen molar-refractivity contribution in [2.75, 3.05) is 26.7 Å². The Bertz CT molecular complexity index is 511. The van der Waals surface area contributed by atoms with Crippen LogP contribution in [0.2, 0.25) is 4.34 Å². The molecule has 22 heavy (non-hydrogen) atoms. The molecule has 1 aliphatic heterocycles. The first-order chi connectivity index (χ1) is 9.97. The molecule has 2 atom stereocenters. The first kappa shape index (κ1) is 20.0. The van der Waals surface area contributed by atoms with Crippen molar-refractivity contribution in [3.05, 3.63) is 21.3 Å². The Hall–Kier alpha value is -0.0500. The second kappa shape index (κ2) is 8.70. The van der Waals surface area contributed by atoms with Crippen molar-refractivity contribution in [1.29, 1.82) is 0 Å². The average Bonchev–Trinajstić information content (AvgIpc) is 3.07. The van der Waals surface area contributed by atoms with Gasteiger partial charge in [0.2, 0.25) is 0 Å². The van der Waals surface area contributed by atoms with Gasteiger partial charge in [-0.15, -0.1) is 35.3 Å². The molecule has 0 bridgehead atoms. The zero-order valence-corrected chi connectivity index (χ0v) is 17.2. The van der Waals surface area contributed by atoms with Crippen LogP contribution < -0.4 is 5.32 Å². The van der Waals surface area contributed by atoms with E-state index in [9.17, 15) is 5.11 Å². The summed E-state index contributed by atoms with van der Waals surface area (Å²) in [7, 11) is 1.79. The largest absolute Gasteiger partial charge is 0.386 e. The normalized spacial score (nSPS) is 23.3. The molecule has 2 rings (SSSR count). The van der Waals surface area contributed by atoms with Crippen molar-refractivity contribution in [3.63, 3.8) is 0 Å². The summed E-state index contributed by atoms with van der Waals surface area (Å²) < 4.78 is 0.701. The second-order valence-corrected chi connectivity index (χ2v) is 7.67. The van der Waals surface area contributed by atoms with Crippen LogP contribution in [0.5, 0.6) is 0 Å². The smallest absolute Gasteiger partial charge is 0.193 e. The van der Waals surface area contributed by atoms with Crippen LogP contribution in [0.25, 0.3) is 0 Å². The van der Waals surface area contributed by atoms with Crippen LogP contribution in [-0.4, -0.2) is 42.6 Å². The molecule has 2 unspecified atom stereocenters. The molecular weight excluding hydrogens is 433 g/mol. The van der Waals surface area contributed by atoms with Crippen LogP contribution in [0.15, 0.2) is 17.1 Å². The summed E-state index contributed by atoms with van der Waals surface area (Å²) in [6, 6.07) is 3.68. The van der Waals surface area contributed by atoms with E-state index in [4.69, 9.17) is 11.6 Å². The minimum absolute atomic E-state index is 0. The fourth-order valence-electron chi connectivity index (χ4n) is 2.62. The number of nitrogens with zero attached hydrogens (tertiary/aromatic N) is 2. The summed E-state index contributed by atoms with van der Waals surface area (Å²) >= 11 is 7.31. The molecule has 7 heteroatoms. The number of likely N-dealkylation sites (tertiary alicyclic amines) is 1. The van der Waals surface area contributed by atoms with Gasteiger partial charge in [-0.25, -0.2) is 0 Å². The van der Waals surface area contributed by atoms with E-state index in [1.807, 2.05) is 12.1 Å². The number of guanidine groups is 1. The Kier molecular flexibility index (Phi) is 7.91. The summed E-state index contributed by atoms with van der Waals surface area (Å²) in [4.78, 5) is 7.49. The van der Waals surface area contributed by atoms with Crippen LogP contribution in [0, 0.1) is 5.41 Å². The van der Waals surface area contributed by atoms with E-state index in [1.165, 1.54) is 24.2 Å². The summed E-state index contributed by atoms with van der Waals surface area (Å²) in [5.74, 6) is 0.869. The highest BCUT2D eigenvalue weighted by Gasteiger charge is 2.33. The van der Waals surface area contributed by atoms with Gasteiger partial charge in [0.25, 0.3) is 0 Å². The first-order valence-electron chi connectivity index (χ1n) is 7.36. The molecule has 2 N–H and O–H groups in total. The number of hydrogen-bond donors (Lipinski definition) is 2. The molecule has 1 aromatic heterocycles. The quantitative estimate of drug-likeness (QED) is 0.411. The van der Waals surface area contributed by atoms with Crippen LogP contribution >= 0.6 is 46.9 Å². The van der Waals surface area contributed by atoms with Gasteiger partial charge in [-0.1, -0.05) is 25.4 Å². The van der Waals surface area contributed by atoms with Crippen molar-refractivity contribution in [2.24, 2.45) is 10.4 Å². The van der Waals surface area contributed by atoms with E-state index in [0.717, 1.165) is 23.9 Å². The lowest BCUT2D eigenvalue weighted by molar-refractivity contribution is 0.183. The van der Waals surface area contributed by atoms with Crippen LogP contribution in [0.1, 0.15) is 37.7 Å². The highest BCUT2D eigenvalue weighted by Crippen LogP contribution is 2.33. The van der Waals surface area contributed by atoms with Crippen molar-refractivity contribution in [3.8, 4) is 0 Å². The van der Waals surface area contributed by atoms with Crippen molar-refractivity contribution in [2.45, 2.75) is 32.8 Å². The number of nitrogens with one attached hydrogen (secondary N) is 1. The topological polar surface area (TPSA) is 47.9 Å². The number of hydrogen-bond acceptors (Lipinski definition) is 3. The Morgan fingerprint density at radius 2 is 2.32 bits per heavy atom. The molecule has 0 aromatic carbocycles. The maximum atomic E-state index is 10.2. The molecule has 2 heterocycles. The lowest BCUT2D eigenvalue weighted by Gasteiger charge is -2.26. The lowest BCUT2D eigenvalue weighted by Crippen LogP contribution is -2.42. The fraction of sp³-hybridized carbons (Fsp3) is 0.667. The molecule has 0 aliphatic carbocycles.